The van der Waals surface area contributed by atoms with Crippen molar-refractivity contribution in [2.24, 2.45) is 0 Å². The van der Waals surface area contributed by atoms with Crippen LogP contribution in [-0.4, -0.2) is 31.9 Å². The Morgan fingerprint density at radius 1 is 1.39 bits per heavy atom. The highest BCUT2D eigenvalue weighted by Crippen LogP contribution is 2.25. The minimum Gasteiger partial charge on any atom is -0.496 e. The van der Waals surface area contributed by atoms with Gasteiger partial charge < -0.3 is 20.5 Å². The number of fused-ring (bicyclic) bond motifs is 1. The van der Waals surface area contributed by atoms with Crippen molar-refractivity contribution in [1.82, 2.24) is 10.6 Å². The summed E-state index contributed by atoms with van der Waals surface area (Å²) in [5, 5.41) is 15.5. The van der Waals surface area contributed by atoms with Crippen LogP contribution in [0.5, 0.6) is 5.75 Å². The average Bonchev–Trinajstić information content (AvgIpc) is 2.42. The van der Waals surface area contributed by atoms with Crippen LogP contribution in [0.25, 0.3) is 0 Å². The molecule has 4 nitrogen and oxygen atoms in total. The highest BCUT2D eigenvalue weighted by molar-refractivity contribution is 5.43. The predicted molar refractivity (Wildman–Crippen MR) is 71.8 cm³/mol. The molecule has 0 fully saturated rings. The number of hydrogen-bond acceptors (Lipinski definition) is 4. The van der Waals surface area contributed by atoms with Crippen molar-refractivity contribution in [3.63, 3.8) is 0 Å². The highest BCUT2D eigenvalue weighted by atomic mass is 16.5. The molecule has 0 aromatic heterocycles. The van der Waals surface area contributed by atoms with Gasteiger partial charge in [0, 0.05) is 25.3 Å². The van der Waals surface area contributed by atoms with E-state index in [9.17, 15) is 0 Å². The van der Waals surface area contributed by atoms with E-state index in [0.29, 0.717) is 0 Å². The third-order valence-electron chi connectivity index (χ3n) is 3.32. The third-order valence-corrected chi connectivity index (χ3v) is 3.32. The smallest absolute Gasteiger partial charge is 0.123 e. The minimum atomic E-state index is 0.236. The van der Waals surface area contributed by atoms with Crippen molar-refractivity contribution < 1.29 is 9.84 Å². The van der Waals surface area contributed by atoms with Gasteiger partial charge in [0.05, 0.1) is 7.11 Å². The van der Waals surface area contributed by atoms with Crippen LogP contribution >= 0.6 is 0 Å². The maximum Gasteiger partial charge on any atom is 0.123 e. The lowest BCUT2D eigenvalue weighted by molar-refractivity contribution is 0.286. The summed E-state index contributed by atoms with van der Waals surface area (Å²) in [6.07, 6.45) is 1.88. The number of methoxy groups -OCH3 is 1. The van der Waals surface area contributed by atoms with Gasteiger partial charge in [0.25, 0.3) is 0 Å². The Bertz CT molecular complexity index is 394. The summed E-state index contributed by atoms with van der Waals surface area (Å²) in [4.78, 5) is 0. The first-order valence-corrected chi connectivity index (χ1v) is 6.56. The Labute approximate surface area is 108 Å². The van der Waals surface area contributed by atoms with Gasteiger partial charge in [-0.1, -0.05) is 6.07 Å². The first-order valence-electron chi connectivity index (χ1n) is 6.56. The summed E-state index contributed by atoms with van der Waals surface area (Å²) in [5.74, 6) is 0.953. The van der Waals surface area contributed by atoms with Crippen LogP contribution in [0.3, 0.4) is 0 Å². The normalized spacial score (nSPS) is 14.3. The van der Waals surface area contributed by atoms with Crippen LogP contribution in [0.2, 0.25) is 0 Å². The van der Waals surface area contributed by atoms with Crippen molar-refractivity contribution in [3.8, 4) is 5.75 Å². The zero-order chi connectivity index (χ0) is 12.8. The molecule has 0 amide bonds. The molecule has 0 radical (unpaired) electrons. The standard InChI is InChI=1S/C14H22N2O2/c1-18-14-8-12-9-16-5-3-11(12)7-13(14)10-15-4-2-6-17/h7-8,15-17H,2-6,9-10H2,1H3. The Morgan fingerprint density at radius 2 is 2.28 bits per heavy atom. The van der Waals surface area contributed by atoms with Gasteiger partial charge in [-0.2, -0.15) is 0 Å². The van der Waals surface area contributed by atoms with E-state index in [-0.39, 0.29) is 6.61 Å². The van der Waals surface area contributed by atoms with Crippen molar-refractivity contribution >= 4 is 0 Å². The fourth-order valence-corrected chi connectivity index (χ4v) is 2.32. The molecule has 1 aliphatic rings. The van der Waals surface area contributed by atoms with E-state index < -0.39 is 0 Å². The van der Waals surface area contributed by atoms with Crippen molar-refractivity contribution in [1.29, 1.82) is 0 Å². The summed E-state index contributed by atoms with van der Waals surface area (Å²) >= 11 is 0. The molecule has 1 aliphatic heterocycles. The Kier molecular flexibility index (Phi) is 4.99. The van der Waals surface area contributed by atoms with E-state index >= 15 is 0 Å². The molecule has 1 aromatic rings. The van der Waals surface area contributed by atoms with Crippen LogP contribution in [0.4, 0.5) is 0 Å². The highest BCUT2D eigenvalue weighted by Gasteiger charge is 2.13. The number of rotatable bonds is 6. The molecule has 0 spiro atoms. The van der Waals surface area contributed by atoms with Gasteiger partial charge in [0.15, 0.2) is 0 Å². The van der Waals surface area contributed by atoms with Crippen LogP contribution in [0.15, 0.2) is 12.1 Å². The number of benzene rings is 1. The van der Waals surface area contributed by atoms with Gasteiger partial charge in [-0.3, -0.25) is 0 Å². The maximum atomic E-state index is 8.75. The molecular weight excluding hydrogens is 228 g/mol. The monoisotopic (exact) mass is 250 g/mol. The van der Waals surface area contributed by atoms with Gasteiger partial charge in [0.1, 0.15) is 5.75 Å². The summed E-state index contributed by atoms with van der Waals surface area (Å²) in [6, 6.07) is 4.39. The number of ether oxygens (including phenoxy) is 1. The largest absolute Gasteiger partial charge is 0.496 e. The van der Waals surface area contributed by atoms with E-state index in [1.807, 2.05) is 0 Å². The molecular formula is C14H22N2O2. The van der Waals surface area contributed by atoms with Gasteiger partial charge in [0.2, 0.25) is 0 Å². The van der Waals surface area contributed by atoms with Crippen molar-refractivity contribution in [2.75, 3.05) is 26.8 Å². The van der Waals surface area contributed by atoms with Gasteiger partial charge >= 0.3 is 0 Å². The first-order chi connectivity index (χ1) is 8.85. The summed E-state index contributed by atoms with van der Waals surface area (Å²) < 4.78 is 5.45. The zero-order valence-corrected chi connectivity index (χ0v) is 11.0. The molecule has 1 heterocycles. The summed E-state index contributed by atoms with van der Waals surface area (Å²) in [5.41, 5.74) is 3.97. The fraction of sp³-hybridized carbons (Fsp3) is 0.571. The molecule has 18 heavy (non-hydrogen) atoms. The second-order valence-corrected chi connectivity index (χ2v) is 4.61. The minimum absolute atomic E-state index is 0.236. The molecule has 0 atom stereocenters. The fourth-order valence-electron chi connectivity index (χ4n) is 2.32. The van der Waals surface area contributed by atoms with Crippen molar-refractivity contribution in [2.45, 2.75) is 25.9 Å². The topological polar surface area (TPSA) is 53.5 Å². The first kappa shape index (κ1) is 13.3. The number of aliphatic hydroxyl groups excluding tert-OH is 1. The van der Waals surface area contributed by atoms with Crippen LogP contribution in [0, 0.1) is 0 Å². The molecule has 3 N–H and O–H groups in total. The third kappa shape index (κ3) is 3.22. The summed E-state index contributed by atoms with van der Waals surface area (Å²) in [7, 11) is 1.72. The van der Waals surface area contributed by atoms with E-state index in [0.717, 1.165) is 44.8 Å². The molecule has 0 unspecified atom stereocenters. The lowest BCUT2D eigenvalue weighted by Crippen LogP contribution is -2.24. The molecule has 2 rings (SSSR count). The predicted octanol–water partition coefficient (Wildman–Crippen LogP) is 0.813. The van der Waals surface area contributed by atoms with Gasteiger partial charge in [-0.15, -0.1) is 0 Å². The van der Waals surface area contributed by atoms with E-state index in [2.05, 4.69) is 22.8 Å². The molecule has 0 saturated carbocycles. The van der Waals surface area contributed by atoms with Gasteiger partial charge in [-0.25, -0.2) is 0 Å². The molecule has 0 bridgehead atoms. The lowest BCUT2D eigenvalue weighted by Gasteiger charge is -2.20. The number of hydrogen-bond donors (Lipinski definition) is 3. The average molecular weight is 250 g/mol. The summed E-state index contributed by atoms with van der Waals surface area (Å²) in [6.45, 7) is 3.85. The van der Waals surface area contributed by atoms with E-state index in [4.69, 9.17) is 9.84 Å². The Hall–Kier alpha value is -1.10. The van der Waals surface area contributed by atoms with Crippen LogP contribution < -0.4 is 15.4 Å². The SMILES string of the molecule is COc1cc2c(cc1CNCCCO)CCNC2. The number of nitrogens with one attached hydrogen (secondary N) is 2. The molecule has 0 saturated heterocycles. The van der Waals surface area contributed by atoms with Gasteiger partial charge in [-0.05, 0) is 43.1 Å². The molecule has 4 heteroatoms. The van der Waals surface area contributed by atoms with Crippen LogP contribution in [0.1, 0.15) is 23.1 Å². The van der Waals surface area contributed by atoms with Crippen molar-refractivity contribution in [3.05, 3.63) is 28.8 Å². The second-order valence-electron chi connectivity index (χ2n) is 4.61. The van der Waals surface area contributed by atoms with E-state index in [1.54, 1.807) is 7.11 Å². The molecule has 1 aromatic carbocycles. The van der Waals surface area contributed by atoms with Crippen LogP contribution in [-0.2, 0) is 19.5 Å². The zero-order valence-electron chi connectivity index (χ0n) is 11.0. The molecule has 0 aliphatic carbocycles. The van der Waals surface area contributed by atoms with E-state index in [1.165, 1.54) is 16.7 Å². The second kappa shape index (κ2) is 6.73. The quantitative estimate of drug-likeness (QED) is 0.654. The molecule has 100 valence electrons. The Morgan fingerprint density at radius 3 is 3.06 bits per heavy atom. The number of aliphatic hydroxyl groups is 1. The maximum absolute atomic E-state index is 8.75. The lowest BCUT2D eigenvalue weighted by atomic mass is 9.97. The Balaban J connectivity index is 2.07.